The van der Waals surface area contributed by atoms with Gasteiger partial charge in [-0.3, -0.25) is 0 Å². The molecule has 1 fully saturated rings. The van der Waals surface area contributed by atoms with Crippen molar-refractivity contribution in [3.8, 4) is 6.07 Å². The SMILES string of the molecule is C=CCN(c1ncccc1C#N)C1CC1. The molecule has 1 aromatic heterocycles. The van der Waals surface area contributed by atoms with E-state index < -0.39 is 0 Å². The predicted octanol–water partition coefficient (Wildman–Crippen LogP) is 2.11. The lowest BCUT2D eigenvalue weighted by molar-refractivity contribution is 0.839. The lowest BCUT2D eigenvalue weighted by Crippen LogP contribution is -2.27. The highest BCUT2D eigenvalue weighted by Gasteiger charge is 2.30. The molecule has 3 nitrogen and oxygen atoms in total. The van der Waals surface area contributed by atoms with Gasteiger partial charge in [0.25, 0.3) is 0 Å². The molecule has 0 aliphatic heterocycles. The lowest BCUT2D eigenvalue weighted by atomic mass is 10.2. The molecule has 3 heteroatoms. The van der Waals surface area contributed by atoms with Crippen LogP contribution in [-0.2, 0) is 0 Å². The Hall–Kier alpha value is -1.82. The first kappa shape index (κ1) is 9.72. The summed E-state index contributed by atoms with van der Waals surface area (Å²) in [6, 6.07) is 6.32. The Kier molecular flexibility index (Phi) is 2.68. The molecule has 0 bridgehead atoms. The van der Waals surface area contributed by atoms with Crippen LogP contribution in [0.5, 0.6) is 0 Å². The van der Waals surface area contributed by atoms with E-state index in [9.17, 15) is 0 Å². The van der Waals surface area contributed by atoms with Gasteiger partial charge in [0.15, 0.2) is 0 Å². The normalized spacial score (nSPS) is 14.3. The average Bonchev–Trinajstić information content (AvgIpc) is 3.10. The van der Waals surface area contributed by atoms with Crippen molar-refractivity contribution in [3.05, 3.63) is 36.5 Å². The molecule has 0 saturated heterocycles. The van der Waals surface area contributed by atoms with E-state index in [-0.39, 0.29) is 0 Å². The summed E-state index contributed by atoms with van der Waals surface area (Å²) >= 11 is 0. The van der Waals surface area contributed by atoms with Crippen molar-refractivity contribution in [3.63, 3.8) is 0 Å². The van der Waals surface area contributed by atoms with Crippen LogP contribution < -0.4 is 4.90 Å². The maximum atomic E-state index is 9.00. The van der Waals surface area contributed by atoms with E-state index >= 15 is 0 Å². The Morgan fingerprint density at radius 3 is 3.07 bits per heavy atom. The van der Waals surface area contributed by atoms with Crippen LogP contribution in [0, 0.1) is 11.3 Å². The van der Waals surface area contributed by atoms with Crippen LogP contribution in [-0.4, -0.2) is 17.6 Å². The first-order valence-electron chi connectivity index (χ1n) is 5.09. The molecule has 1 saturated carbocycles. The summed E-state index contributed by atoms with van der Waals surface area (Å²) < 4.78 is 0. The molecule has 1 aliphatic rings. The van der Waals surface area contributed by atoms with Crippen molar-refractivity contribution >= 4 is 5.82 Å². The lowest BCUT2D eigenvalue weighted by Gasteiger charge is -2.22. The van der Waals surface area contributed by atoms with E-state index in [2.05, 4.69) is 22.5 Å². The van der Waals surface area contributed by atoms with Crippen molar-refractivity contribution in [2.45, 2.75) is 18.9 Å². The van der Waals surface area contributed by atoms with Gasteiger partial charge in [0.2, 0.25) is 0 Å². The molecule has 76 valence electrons. The fourth-order valence-corrected chi connectivity index (χ4v) is 1.65. The molecular formula is C12H13N3. The number of hydrogen-bond acceptors (Lipinski definition) is 3. The van der Waals surface area contributed by atoms with E-state index in [0.717, 1.165) is 12.4 Å². The predicted molar refractivity (Wildman–Crippen MR) is 59.5 cm³/mol. The van der Waals surface area contributed by atoms with E-state index in [1.807, 2.05) is 6.08 Å². The third-order valence-electron chi connectivity index (χ3n) is 2.49. The van der Waals surface area contributed by atoms with Gasteiger partial charge in [-0.15, -0.1) is 6.58 Å². The zero-order valence-corrected chi connectivity index (χ0v) is 8.56. The zero-order valence-electron chi connectivity index (χ0n) is 8.56. The smallest absolute Gasteiger partial charge is 0.147 e. The van der Waals surface area contributed by atoms with E-state index in [1.54, 1.807) is 18.3 Å². The van der Waals surface area contributed by atoms with Gasteiger partial charge in [-0.1, -0.05) is 6.08 Å². The molecule has 0 N–H and O–H groups in total. The summed E-state index contributed by atoms with van der Waals surface area (Å²) in [5.41, 5.74) is 0.645. The molecule has 2 rings (SSSR count). The van der Waals surface area contributed by atoms with Crippen molar-refractivity contribution in [1.29, 1.82) is 5.26 Å². The second-order valence-electron chi connectivity index (χ2n) is 3.66. The fraction of sp³-hybridized carbons (Fsp3) is 0.333. The van der Waals surface area contributed by atoms with Crippen LogP contribution >= 0.6 is 0 Å². The Bertz CT molecular complexity index is 402. The maximum absolute atomic E-state index is 9.00. The Morgan fingerprint density at radius 2 is 2.47 bits per heavy atom. The molecule has 1 heterocycles. The van der Waals surface area contributed by atoms with E-state index in [4.69, 9.17) is 5.26 Å². The Balaban J connectivity index is 2.32. The number of pyridine rings is 1. The molecule has 0 unspecified atom stereocenters. The zero-order chi connectivity index (χ0) is 10.7. The summed E-state index contributed by atoms with van der Waals surface area (Å²) in [4.78, 5) is 6.44. The number of rotatable bonds is 4. The Morgan fingerprint density at radius 1 is 1.67 bits per heavy atom. The van der Waals surface area contributed by atoms with Gasteiger partial charge in [0.1, 0.15) is 11.9 Å². The minimum Gasteiger partial charge on any atom is -0.349 e. The van der Waals surface area contributed by atoms with Gasteiger partial charge in [0.05, 0.1) is 5.56 Å². The largest absolute Gasteiger partial charge is 0.349 e. The molecule has 1 aliphatic carbocycles. The number of anilines is 1. The summed E-state index contributed by atoms with van der Waals surface area (Å²) in [6.07, 6.45) is 5.97. The van der Waals surface area contributed by atoms with Gasteiger partial charge in [-0.25, -0.2) is 4.98 Å². The number of nitriles is 1. The molecule has 0 aromatic carbocycles. The van der Waals surface area contributed by atoms with Crippen molar-refractivity contribution in [1.82, 2.24) is 4.98 Å². The second kappa shape index (κ2) is 4.14. The van der Waals surface area contributed by atoms with Crippen molar-refractivity contribution < 1.29 is 0 Å². The van der Waals surface area contributed by atoms with Crippen LogP contribution in [0.2, 0.25) is 0 Å². The molecule has 0 amide bonds. The van der Waals surface area contributed by atoms with Crippen molar-refractivity contribution in [2.24, 2.45) is 0 Å². The van der Waals surface area contributed by atoms with Gasteiger partial charge >= 0.3 is 0 Å². The Labute approximate surface area is 89.7 Å². The average molecular weight is 199 g/mol. The van der Waals surface area contributed by atoms with Gasteiger partial charge in [-0.05, 0) is 25.0 Å². The summed E-state index contributed by atoms with van der Waals surface area (Å²) in [6.45, 7) is 4.50. The highest BCUT2D eigenvalue weighted by molar-refractivity contribution is 5.55. The van der Waals surface area contributed by atoms with E-state index in [0.29, 0.717) is 11.6 Å². The quantitative estimate of drug-likeness (QED) is 0.697. The first-order chi connectivity index (χ1) is 7.36. The van der Waals surface area contributed by atoms with Gasteiger partial charge < -0.3 is 4.90 Å². The molecule has 0 spiro atoms. The number of aromatic nitrogens is 1. The summed E-state index contributed by atoms with van der Waals surface area (Å²) in [5.74, 6) is 0.794. The van der Waals surface area contributed by atoms with Crippen LogP contribution in [0.25, 0.3) is 0 Å². The van der Waals surface area contributed by atoms with Gasteiger partial charge in [0, 0.05) is 18.8 Å². The maximum Gasteiger partial charge on any atom is 0.147 e. The van der Waals surface area contributed by atoms with Crippen molar-refractivity contribution in [2.75, 3.05) is 11.4 Å². The molecular weight excluding hydrogens is 186 g/mol. The molecule has 1 aromatic rings. The number of nitrogens with zero attached hydrogens (tertiary/aromatic N) is 3. The van der Waals surface area contributed by atoms with Crippen LogP contribution in [0.1, 0.15) is 18.4 Å². The monoisotopic (exact) mass is 199 g/mol. The fourth-order valence-electron chi connectivity index (χ4n) is 1.65. The standard InChI is InChI=1S/C12H13N3/c1-2-8-15(11-5-6-11)12-10(9-13)4-3-7-14-12/h2-4,7,11H,1,5-6,8H2. The molecule has 0 atom stereocenters. The van der Waals surface area contributed by atoms with Crippen LogP contribution in [0.3, 0.4) is 0 Å². The highest BCUT2D eigenvalue weighted by Crippen LogP contribution is 2.31. The van der Waals surface area contributed by atoms with E-state index in [1.165, 1.54) is 12.8 Å². The topological polar surface area (TPSA) is 39.9 Å². The molecule has 15 heavy (non-hydrogen) atoms. The van der Waals surface area contributed by atoms with Gasteiger partial charge in [-0.2, -0.15) is 5.26 Å². The van der Waals surface area contributed by atoms with Crippen LogP contribution in [0.4, 0.5) is 5.82 Å². The molecule has 0 radical (unpaired) electrons. The minimum atomic E-state index is 0.546. The minimum absolute atomic E-state index is 0.546. The van der Waals surface area contributed by atoms with Crippen LogP contribution in [0.15, 0.2) is 31.0 Å². The summed E-state index contributed by atoms with van der Waals surface area (Å²) in [5, 5.41) is 9.00. The second-order valence-corrected chi connectivity index (χ2v) is 3.66. The third kappa shape index (κ3) is 1.99. The summed E-state index contributed by atoms with van der Waals surface area (Å²) in [7, 11) is 0. The first-order valence-corrected chi connectivity index (χ1v) is 5.09. The highest BCUT2D eigenvalue weighted by atomic mass is 15.2. The number of hydrogen-bond donors (Lipinski definition) is 0. The third-order valence-corrected chi connectivity index (χ3v) is 2.49.